The minimum Gasteiger partial charge on any atom is -0.369 e. The Balaban J connectivity index is 1.45. The Morgan fingerprint density at radius 2 is 2.30 bits per heavy atom. The highest BCUT2D eigenvalue weighted by Crippen LogP contribution is 2.35. The van der Waals surface area contributed by atoms with Crippen molar-refractivity contribution in [2.24, 2.45) is 0 Å². The second-order valence-corrected chi connectivity index (χ2v) is 5.93. The van der Waals surface area contributed by atoms with Crippen LogP contribution in [0, 0.1) is 6.92 Å². The number of nitrogen functional groups attached to an aromatic ring is 1. The van der Waals surface area contributed by atoms with E-state index in [1.54, 1.807) is 6.20 Å². The van der Waals surface area contributed by atoms with Gasteiger partial charge in [-0.05, 0) is 25.8 Å². The Bertz CT molecular complexity index is 759. The molecule has 1 fully saturated rings. The Hall–Kier alpha value is -2.64. The fourth-order valence-electron chi connectivity index (χ4n) is 2.82. The monoisotopic (exact) mass is 316 g/mol. The van der Waals surface area contributed by atoms with Gasteiger partial charge in [0, 0.05) is 42.9 Å². The minimum atomic E-state index is -0.241. The minimum absolute atomic E-state index is 0.0155. The van der Waals surface area contributed by atoms with Gasteiger partial charge < -0.3 is 11.1 Å². The second kappa shape index (κ2) is 6.23. The molecule has 0 radical (unpaired) electrons. The number of nitrogens with two attached hydrogens (primary N) is 1. The van der Waals surface area contributed by atoms with Crippen molar-refractivity contribution >= 4 is 11.9 Å². The molecule has 122 valence electrons. The van der Waals surface area contributed by atoms with E-state index in [2.05, 4.69) is 20.4 Å². The van der Waals surface area contributed by atoms with Gasteiger partial charge in [-0.1, -0.05) is 0 Å². The van der Waals surface area contributed by atoms with Gasteiger partial charge in [-0.3, -0.25) is 19.3 Å². The highest BCUT2D eigenvalue weighted by Gasteiger charge is 2.32. The van der Waals surface area contributed by atoms with E-state index in [9.17, 15) is 9.59 Å². The summed E-state index contributed by atoms with van der Waals surface area (Å²) < 4.78 is 1.81. The maximum Gasteiger partial charge on any atom is 0.252 e. The van der Waals surface area contributed by atoms with Crippen LogP contribution < -0.4 is 16.6 Å². The first kappa shape index (κ1) is 15.3. The lowest BCUT2D eigenvalue weighted by molar-refractivity contribution is -0.122. The lowest BCUT2D eigenvalue weighted by Crippen LogP contribution is -2.44. The molecule has 1 saturated carbocycles. The lowest BCUT2D eigenvalue weighted by Gasteiger charge is -2.35. The van der Waals surface area contributed by atoms with E-state index in [1.807, 2.05) is 17.7 Å². The molecule has 2 aromatic heterocycles. The number of anilines is 1. The molecule has 8 heteroatoms. The van der Waals surface area contributed by atoms with E-state index in [0.717, 1.165) is 18.5 Å². The third-order valence-electron chi connectivity index (χ3n) is 4.18. The van der Waals surface area contributed by atoms with Gasteiger partial charge in [0.25, 0.3) is 5.56 Å². The highest BCUT2D eigenvalue weighted by molar-refractivity contribution is 5.76. The first-order valence-corrected chi connectivity index (χ1v) is 7.66. The smallest absolute Gasteiger partial charge is 0.252 e. The van der Waals surface area contributed by atoms with Gasteiger partial charge in [0.2, 0.25) is 11.9 Å². The Labute approximate surface area is 133 Å². The van der Waals surface area contributed by atoms with Crippen molar-refractivity contribution in [1.82, 2.24) is 25.1 Å². The molecule has 1 aliphatic carbocycles. The number of aryl methyl sites for hydroxylation is 2. The van der Waals surface area contributed by atoms with Crippen molar-refractivity contribution in [1.29, 1.82) is 0 Å². The zero-order valence-corrected chi connectivity index (χ0v) is 13.0. The molecule has 1 aliphatic rings. The van der Waals surface area contributed by atoms with Crippen LogP contribution in [0.25, 0.3) is 0 Å². The van der Waals surface area contributed by atoms with Crippen LogP contribution >= 0.6 is 0 Å². The van der Waals surface area contributed by atoms with Gasteiger partial charge in [0.15, 0.2) is 0 Å². The number of hydrogen-bond donors (Lipinski definition) is 3. The Morgan fingerprint density at radius 3 is 2.96 bits per heavy atom. The molecule has 0 bridgehead atoms. The number of H-pyrrole nitrogens is 1. The van der Waals surface area contributed by atoms with Crippen molar-refractivity contribution < 1.29 is 4.79 Å². The number of carbonyl (C=O) groups is 1. The van der Waals surface area contributed by atoms with Crippen LogP contribution in [0.1, 0.15) is 36.6 Å². The van der Waals surface area contributed by atoms with E-state index < -0.39 is 0 Å². The molecular formula is C15H20N6O2. The van der Waals surface area contributed by atoms with Crippen LogP contribution in [-0.4, -0.2) is 31.7 Å². The zero-order valence-electron chi connectivity index (χ0n) is 13.0. The predicted molar refractivity (Wildman–Crippen MR) is 84.8 cm³/mol. The van der Waals surface area contributed by atoms with Crippen molar-refractivity contribution in [2.75, 3.05) is 5.73 Å². The molecule has 2 heterocycles. The molecule has 1 amide bonds. The van der Waals surface area contributed by atoms with Crippen molar-refractivity contribution in [3.8, 4) is 0 Å². The number of aromatic nitrogens is 4. The first-order chi connectivity index (χ1) is 11.0. The van der Waals surface area contributed by atoms with Crippen LogP contribution in [0.2, 0.25) is 0 Å². The number of rotatable bonds is 5. The molecule has 23 heavy (non-hydrogen) atoms. The fourth-order valence-corrected chi connectivity index (χ4v) is 2.82. The summed E-state index contributed by atoms with van der Waals surface area (Å²) in [6.45, 7) is 2.54. The van der Waals surface area contributed by atoms with Gasteiger partial charge in [-0.15, -0.1) is 0 Å². The third-order valence-corrected chi connectivity index (χ3v) is 4.18. The molecule has 0 aromatic carbocycles. The number of hydrogen-bond acceptors (Lipinski definition) is 5. The number of amides is 1. The van der Waals surface area contributed by atoms with Crippen LogP contribution in [0.15, 0.2) is 23.1 Å². The summed E-state index contributed by atoms with van der Waals surface area (Å²) in [7, 11) is 0. The largest absolute Gasteiger partial charge is 0.369 e. The van der Waals surface area contributed by atoms with E-state index in [-0.39, 0.29) is 29.4 Å². The van der Waals surface area contributed by atoms with Crippen LogP contribution in [-0.2, 0) is 11.3 Å². The van der Waals surface area contributed by atoms with Crippen LogP contribution in [0.3, 0.4) is 0 Å². The molecular weight excluding hydrogens is 296 g/mol. The van der Waals surface area contributed by atoms with E-state index in [0.29, 0.717) is 18.7 Å². The molecule has 0 unspecified atom stereocenters. The quantitative estimate of drug-likeness (QED) is 0.733. The molecule has 8 nitrogen and oxygen atoms in total. The fraction of sp³-hybridized carbons (Fsp3) is 0.467. The molecule has 0 aliphatic heterocycles. The zero-order chi connectivity index (χ0) is 16.4. The molecule has 4 N–H and O–H groups in total. The molecule has 0 saturated heterocycles. The number of nitrogens with zero attached hydrogens (tertiary/aromatic N) is 3. The maximum atomic E-state index is 12.0. The van der Waals surface area contributed by atoms with Gasteiger partial charge in [0.05, 0.1) is 5.69 Å². The summed E-state index contributed by atoms with van der Waals surface area (Å²) in [4.78, 5) is 29.9. The van der Waals surface area contributed by atoms with Gasteiger partial charge >= 0.3 is 0 Å². The highest BCUT2D eigenvalue weighted by atomic mass is 16.1. The van der Waals surface area contributed by atoms with Gasteiger partial charge in [0.1, 0.15) is 0 Å². The molecule has 2 aromatic rings. The first-order valence-electron chi connectivity index (χ1n) is 7.66. The van der Waals surface area contributed by atoms with Gasteiger partial charge in [-0.2, -0.15) is 5.10 Å². The Kier molecular flexibility index (Phi) is 4.14. The summed E-state index contributed by atoms with van der Waals surface area (Å²) in [6, 6.07) is 3.52. The number of nitrogens with one attached hydrogen (secondary N) is 2. The third kappa shape index (κ3) is 3.58. The molecule has 3 rings (SSSR count). The van der Waals surface area contributed by atoms with Crippen LogP contribution in [0.4, 0.5) is 5.95 Å². The average molecular weight is 316 g/mol. The lowest BCUT2D eigenvalue weighted by atomic mass is 9.78. The Morgan fingerprint density at radius 1 is 1.52 bits per heavy atom. The van der Waals surface area contributed by atoms with Crippen molar-refractivity contribution in [3.63, 3.8) is 0 Å². The van der Waals surface area contributed by atoms with Crippen LogP contribution in [0.5, 0.6) is 0 Å². The second-order valence-electron chi connectivity index (χ2n) is 5.93. The van der Waals surface area contributed by atoms with E-state index in [1.165, 1.54) is 6.07 Å². The SMILES string of the molecule is Cc1ccnn1CCC(=O)NC1CC(c2cc(=O)[nH]c(N)n2)C1. The normalized spacial score (nSPS) is 20.0. The van der Waals surface area contributed by atoms with Gasteiger partial charge in [-0.25, -0.2) is 4.98 Å². The topological polar surface area (TPSA) is 119 Å². The molecule has 0 spiro atoms. The summed E-state index contributed by atoms with van der Waals surface area (Å²) >= 11 is 0. The molecule has 0 atom stereocenters. The number of aromatic amines is 1. The summed E-state index contributed by atoms with van der Waals surface area (Å²) in [5.74, 6) is 0.328. The summed E-state index contributed by atoms with van der Waals surface area (Å²) in [5, 5.41) is 7.16. The van der Waals surface area contributed by atoms with Crippen molar-refractivity contribution in [2.45, 2.75) is 44.7 Å². The number of carbonyl (C=O) groups excluding carboxylic acids is 1. The van der Waals surface area contributed by atoms with E-state index >= 15 is 0 Å². The van der Waals surface area contributed by atoms with E-state index in [4.69, 9.17) is 5.73 Å². The summed E-state index contributed by atoms with van der Waals surface area (Å²) in [6.07, 6.45) is 3.69. The predicted octanol–water partition coefficient (Wildman–Crippen LogP) is 0.310. The standard InChI is InChI=1S/C15H20N6O2/c1-9-2-4-17-21(9)5-3-13(22)18-11-6-10(7-11)12-8-14(23)20-15(16)19-12/h2,4,8,10-11H,3,5-7H2,1H3,(H,18,22)(H3,16,19,20,23). The average Bonchev–Trinajstić information content (AvgIpc) is 2.84. The maximum absolute atomic E-state index is 12.0. The van der Waals surface area contributed by atoms with Crippen molar-refractivity contribution in [3.05, 3.63) is 40.1 Å². The summed E-state index contributed by atoms with van der Waals surface area (Å²) in [5.41, 5.74) is 7.04.